The molecule has 1 atom stereocenters. The third kappa shape index (κ3) is 2.71. The van der Waals surface area contributed by atoms with Gasteiger partial charge in [0.05, 0.1) is 0 Å². The van der Waals surface area contributed by atoms with Crippen molar-refractivity contribution in [2.45, 2.75) is 19.3 Å². The molecular formula is C17H21N3O2. The summed E-state index contributed by atoms with van der Waals surface area (Å²) in [4.78, 5) is 25.8. The highest BCUT2D eigenvalue weighted by Gasteiger charge is 2.27. The summed E-state index contributed by atoms with van der Waals surface area (Å²) < 4.78 is 1.94. The molecule has 3 rings (SSSR count). The van der Waals surface area contributed by atoms with Crippen LogP contribution in [0.3, 0.4) is 0 Å². The number of fused-ring (bicyclic) bond motifs is 1. The zero-order valence-corrected chi connectivity index (χ0v) is 12.8. The minimum absolute atomic E-state index is 0.0351. The summed E-state index contributed by atoms with van der Waals surface area (Å²) >= 11 is 0. The van der Waals surface area contributed by atoms with Gasteiger partial charge in [-0.1, -0.05) is 18.2 Å². The first-order chi connectivity index (χ1) is 10.6. The van der Waals surface area contributed by atoms with Gasteiger partial charge in [0, 0.05) is 37.5 Å². The van der Waals surface area contributed by atoms with Crippen LogP contribution in [0.25, 0.3) is 10.9 Å². The second kappa shape index (κ2) is 5.83. The number of amides is 2. The van der Waals surface area contributed by atoms with Gasteiger partial charge in [0.25, 0.3) is 5.91 Å². The fourth-order valence-electron chi connectivity index (χ4n) is 3.36. The Hall–Kier alpha value is -2.30. The molecule has 1 saturated heterocycles. The summed E-state index contributed by atoms with van der Waals surface area (Å²) in [6.07, 6.45) is 2.24. The molecule has 22 heavy (non-hydrogen) atoms. The molecule has 5 nitrogen and oxygen atoms in total. The number of carbonyl (C=O) groups is 2. The minimum Gasteiger partial charge on any atom is -0.370 e. The van der Waals surface area contributed by atoms with Crippen LogP contribution in [-0.2, 0) is 11.8 Å². The van der Waals surface area contributed by atoms with Crippen LogP contribution in [0.1, 0.15) is 29.8 Å². The lowest BCUT2D eigenvalue weighted by Gasteiger charge is -2.32. The number of likely N-dealkylation sites (tertiary alicyclic amines) is 1. The Morgan fingerprint density at radius 3 is 2.82 bits per heavy atom. The highest BCUT2D eigenvalue weighted by atomic mass is 16.2. The van der Waals surface area contributed by atoms with E-state index in [1.54, 1.807) is 0 Å². The number of nitrogens with zero attached hydrogens (tertiary/aromatic N) is 2. The van der Waals surface area contributed by atoms with Crippen molar-refractivity contribution in [2.75, 3.05) is 13.1 Å². The molecule has 5 heteroatoms. The SMILES string of the molecule is Cn1c(C(=O)N2CCC[C@@H](CC(N)=O)C2)cc2ccccc21. The van der Waals surface area contributed by atoms with Crippen molar-refractivity contribution >= 4 is 22.7 Å². The van der Waals surface area contributed by atoms with E-state index < -0.39 is 0 Å². The van der Waals surface area contributed by atoms with E-state index in [0.717, 1.165) is 30.3 Å². The summed E-state index contributed by atoms with van der Waals surface area (Å²) in [6.45, 7) is 1.36. The second-order valence-electron chi connectivity index (χ2n) is 6.08. The monoisotopic (exact) mass is 299 g/mol. The fourth-order valence-corrected chi connectivity index (χ4v) is 3.36. The van der Waals surface area contributed by atoms with E-state index in [4.69, 9.17) is 5.73 Å². The number of aromatic nitrogens is 1. The Bertz CT molecular complexity index is 720. The van der Waals surface area contributed by atoms with E-state index in [9.17, 15) is 9.59 Å². The van der Waals surface area contributed by atoms with Gasteiger partial charge in [-0.2, -0.15) is 0 Å². The maximum absolute atomic E-state index is 12.8. The first-order valence-electron chi connectivity index (χ1n) is 7.68. The zero-order chi connectivity index (χ0) is 15.7. The molecule has 2 aromatic rings. The molecule has 2 amide bonds. The fraction of sp³-hybridized carbons (Fsp3) is 0.412. The third-order valence-corrected chi connectivity index (χ3v) is 4.47. The number of benzene rings is 1. The highest BCUT2D eigenvalue weighted by molar-refractivity contribution is 5.98. The lowest BCUT2D eigenvalue weighted by Crippen LogP contribution is -2.41. The molecule has 0 radical (unpaired) electrons. The summed E-state index contributed by atoms with van der Waals surface area (Å²) in [5.41, 5.74) is 7.03. The van der Waals surface area contributed by atoms with E-state index in [-0.39, 0.29) is 17.7 Å². The average molecular weight is 299 g/mol. The summed E-state index contributed by atoms with van der Waals surface area (Å²) in [5, 5.41) is 1.07. The van der Waals surface area contributed by atoms with Crippen molar-refractivity contribution in [1.82, 2.24) is 9.47 Å². The Morgan fingerprint density at radius 2 is 2.09 bits per heavy atom. The molecule has 0 aliphatic carbocycles. The van der Waals surface area contributed by atoms with Gasteiger partial charge in [0.2, 0.25) is 5.91 Å². The van der Waals surface area contributed by atoms with Crippen molar-refractivity contribution in [1.29, 1.82) is 0 Å². The van der Waals surface area contributed by atoms with Crippen molar-refractivity contribution in [3.63, 3.8) is 0 Å². The van der Waals surface area contributed by atoms with Gasteiger partial charge in [-0.3, -0.25) is 9.59 Å². The summed E-state index contributed by atoms with van der Waals surface area (Å²) in [6, 6.07) is 9.91. The molecule has 1 aliphatic heterocycles. The van der Waals surface area contributed by atoms with Gasteiger partial charge in [-0.05, 0) is 30.9 Å². The van der Waals surface area contributed by atoms with E-state index in [0.29, 0.717) is 18.7 Å². The number of hydrogen-bond acceptors (Lipinski definition) is 2. The number of nitrogens with two attached hydrogens (primary N) is 1. The van der Waals surface area contributed by atoms with Crippen molar-refractivity contribution in [2.24, 2.45) is 18.7 Å². The summed E-state index contributed by atoms with van der Waals surface area (Å²) in [7, 11) is 1.92. The first-order valence-corrected chi connectivity index (χ1v) is 7.68. The van der Waals surface area contributed by atoms with E-state index in [1.807, 2.05) is 46.8 Å². The summed E-state index contributed by atoms with van der Waals surface area (Å²) in [5.74, 6) is -0.0679. The largest absolute Gasteiger partial charge is 0.370 e. The van der Waals surface area contributed by atoms with Crippen LogP contribution in [0.15, 0.2) is 30.3 Å². The smallest absolute Gasteiger partial charge is 0.270 e. The molecular weight excluding hydrogens is 278 g/mol. The molecule has 0 bridgehead atoms. The number of piperidine rings is 1. The standard InChI is InChI=1S/C17H21N3O2/c1-19-14-7-3-2-6-13(14)10-15(19)17(22)20-8-4-5-12(11-20)9-16(18)21/h2-3,6-7,10,12H,4-5,8-9,11H2,1H3,(H2,18,21)/t12-/m0/s1. The Balaban J connectivity index is 1.83. The van der Waals surface area contributed by atoms with E-state index in [1.165, 1.54) is 0 Å². The lowest BCUT2D eigenvalue weighted by molar-refractivity contribution is -0.119. The average Bonchev–Trinajstić information content (AvgIpc) is 2.84. The van der Waals surface area contributed by atoms with Gasteiger partial charge in [-0.15, -0.1) is 0 Å². The maximum atomic E-state index is 12.8. The van der Waals surface area contributed by atoms with Gasteiger partial charge in [0.15, 0.2) is 0 Å². The van der Waals surface area contributed by atoms with Crippen LogP contribution in [0.4, 0.5) is 0 Å². The molecule has 2 heterocycles. The van der Waals surface area contributed by atoms with E-state index >= 15 is 0 Å². The predicted molar refractivity (Wildman–Crippen MR) is 85.4 cm³/mol. The molecule has 0 spiro atoms. The molecule has 0 unspecified atom stereocenters. The lowest BCUT2D eigenvalue weighted by atomic mass is 9.94. The second-order valence-corrected chi connectivity index (χ2v) is 6.08. The third-order valence-electron chi connectivity index (χ3n) is 4.47. The van der Waals surface area contributed by atoms with Crippen LogP contribution in [0.2, 0.25) is 0 Å². The number of aryl methyl sites for hydroxylation is 1. The van der Waals surface area contributed by atoms with Gasteiger partial charge in [0.1, 0.15) is 5.69 Å². The molecule has 0 saturated carbocycles. The maximum Gasteiger partial charge on any atom is 0.270 e. The normalized spacial score (nSPS) is 18.6. The van der Waals surface area contributed by atoms with Crippen LogP contribution in [0, 0.1) is 5.92 Å². The molecule has 1 fully saturated rings. The molecule has 116 valence electrons. The first kappa shape index (κ1) is 14.6. The van der Waals surface area contributed by atoms with Crippen molar-refractivity contribution < 1.29 is 9.59 Å². The van der Waals surface area contributed by atoms with Gasteiger partial charge in [-0.25, -0.2) is 0 Å². The molecule has 1 aromatic heterocycles. The van der Waals surface area contributed by atoms with Gasteiger partial charge >= 0.3 is 0 Å². The highest BCUT2D eigenvalue weighted by Crippen LogP contribution is 2.24. The van der Waals surface area contributed by atoms with Gasteiger partial charge < -0.3 is 15.2 Å². The van der Waals surface area contributed by atoms with E-state index in [2.05, 4.69) is 0 Å². The molecule has 1 aliphatic rings. The Labute approximate surface area is 129 Å². The number of hydrogen-bond donors (Lipinski definition) is 1. The quantitative estimate of drug-likeness (QED) is 0.940. The van der Waals surface area contributed by atoms with Crippen molar-refractivity contribution in [3.05, 3.63) is 36.0 Å². The molecule has 2 N–H and O–H groups in total. The Morgan fingerprint density at radius 1 is 1.32 bits per heavy atom. The van der Waals surface area contributed by atoms with Crippen LogP contribution < -0.4 is 5.73 Å². The predicted octanol–water partition coefficient (Wildman–Crippen LogP) is 1.91. The Kier molecular flexibility index (Phi) is 3.88. The topological polar surface area (TPSA) is 68.3 Å². The molecule has 1 aromatic carbocycles. The number of rotatable bonds is 3. The van der Waals surface area contributed by atoms with Crippen LogP contribution in [0.5, 0.6) is 0 Å². The minimum atomic E-state index is -0.288. The van der Waals surface area contributed by atoms with Crippen molar-refractivity contribution in [3.8, 4) is 0 Å². The number of para-hydroxylation sites is 1. The number of primary amides is 1. The number of carbonyl (C=O) groups excluding carboxylic acids is 2. The van der Waals surface area contributed by atoms with Crippen LogP contribution in [-0.4, -0.2) is 34.4 Å². The zero-order valence-electron chi connectivity index (χ0n) is 12.8. The van der Waals surface area contributed by atoms with Crippen LogP contribution >= 0.6 is 0 Å².